The second-order valence-electron chi connectivity index (χ2n) is 4.95. The van der Waals surface area contributed by atoms with Crippen molar-refractivity contribution in [3.8, 4) is 5.75 Å². The van der Waals surface area contributed by atoms with Gasteiger partial charge in [0.1, 0.15) is 5.75 Å². The van der Waals surface area contributed by atoms with Crippen LogP contribution in [0, 0.1) is 0 Å². The minimum atomic E-state index is -0.984. The summed E-state index contributed by atoms with van der Waals surface area (Å²) in [4.78, 5) is 25.7. The minimum Gasteiger partial charge on any atom is -0.497 e. The molecule has 6 nitrogen and oxygen atoms in total. The molecule has 0 aromatic heterocycles. The summed E-state index contributed by atoms with van der Waals surface area (Å²) < 4.78 is 10.5. The third-order valence-corrected chi connectivity index (χ3v) is 3.80. The van der Waals surface area contributed by atoms with Gasteiger partial charge in [0.2, 0.25) is 0 Å². The summed E-state index contributed by atoms with van der Waals surface area (Å²) >= 11 is 0. The van der Waals surface area contributed by atoms with Gasteiger partial charge >= 0.3 is 6.09 Å². The molecule has 0 bridgehead atoms. The zero-order chi connectivity index (χ0) is 14.2. The number of hydrogen-bond acceptors (Lipinski definition) is 5. The van der Waals surface area contributed by atoms with E-state index in [0.29, 0.717) is 37.4 Å². The first-order chi connectivity index (χ1) is 9.66. The lowest BCUT2D eigenvalue weighted by Gasteiger charge is -2.29. The fourth-order valence-corrected chi connectivity index (χ4v) is 2.64. The minimum absolute atomic E-state index is 0.269. The van der Waals surface area contributed by atoms with Crippen LogP contribution in [-0.2, 0) is 9.53 Å². The van der Waals surface area contributed by atoms with Crippen molar-refractivity contribution >= 4 is 17.7 Å². The summed E-state index contributed by atoms with van der Waals surface area (Å²) in [6.07, 6.45) is 0.441. The summed E-state index contributed by atoms with van der Waals surface area (Å²) in [6, 6.07) is 6.78. The van der Waals surface area contributed by atoms with Crippen molar-refractivity contribution in [3.05, 3.63) is 24.3 Å². The molecule has 2 aliphatic heterocycles. The summed E-state index contributed by atoms with van der Waals surface area (Å²) in [6.45, 7) is 1.35. The van der Waals surface area contributed by atoms with Gasteiger partial charge in [-0.3, -0.25) is 4.79 Å². The van der Waals surface area contributed by atoms with E-state index in [0.717, 1.165) is 4.90 Å². The van der Waals surface area contributed by atoms with Gasteiger partial charge in [-0.2, -0.15) is 0 Å². The Morgan fingerprint density at radius 3 is 2.45 bits per heavy atom. The van der Waals surface area contributed by atoms with Crippen LogP contribution in [0.2, 0.25) is 0 Å². The Labute approximate surface area is 116 Å². The third kappa shape index (κ3) is 1.92. The van der Waals surface area contributed by atoms with Crippen molar-refractivity contribution in [2.24, 2.45) is 0 Å². The van der Waals surface area contributed by atoms with Crippen LogP contribution in [0.4, 0.5) is 10.5 Å². The molecule has 0 atom stereocenters. The van der Waals surface area contributed by atoms with Gasteiger partial charge in [0.05, 0.1) is 12.8 Å². The number of amides is 2. The van der Waals surface area contributed by atoms with E-state index < -0.39 is 11.7 Å². The van der Waals surface area contributed by atoms with Crippen molar-refractivity contribution in [2.75, 3.05) is 25.1 Å². The molecule has 2 saturated heterocycles. The van der Waals surface area contributed by atoms with Gasteiger partial charge in [0, 0.05) is 12.8 Å². The van der Waals surface area contributed by atoms with Crippen LogP contribution in [-0.4, -0.2) is 37.8 Å². The molecule has 2 heterocycles. The normalized spacial score (nSPS) is 21.1. The molecule has 106 valence electrons. The molecule has 6 heteroatoms. The van der Waals surface area contributed by atoms with E-state index in [2.05, 4.69) is 5.32 Å². The molecule has 20 heavy (non-hydrogen) atoms. The van der Waals surface area contributed by atoms with Gasteiger partial charge < -0.3 is 14.8 Å². The van der Waals surface area contributed by atoms with Gasteiger partial charge in [-0.15, -0.1) is 0 Å². The van der Waals surface area contributed by atoms with Gasteiger partial charge in [0.25, 0.3) is 5.91 Å². The highest BCUT2D eigenvalue weighted by Crippen LogP contribution is 2.35. The number of nitrogens with one attached hydrogen (secondary N) is 1. The highest BCUT2D eigenvalue weighted by atomic mass is 16.6. The predicted molar refractivity (Wildman–Crippen MR) is 71.8 cm³/mol. The zero-order valence-corrected chi connectivity index (χ0v) is 11.2. The number of piperidine rings is 1. The van der Waals surface area contributed by atoms with Crippen LogP contribution in [0.3, 0.4) is 0 Å². The maximum Gasteiger partial charge on any atom is 0.422 e. The van der Waals surface area contributed by atoms with E-state index in [9.17, 15) is 9.59 Å². The average Bonchev–Trinajstić information content (AvgIpc) is 2.71. The monoisotopic (exact) mass is 276 g/mol. The van der Waals surface area contributed by atoms with Crippen LogP contribution in [0.1, 0.15) is 12.8 Å². The average molecular weight is 276 g/mol. The molecule has 1 N–H and O–H groups in total. The van der Waals surface area contributed by atoms with Crippen molar-refractivity contribution in [3.63, 3.8) is 0 Å². The number of benzene rings is 1. The summed E-state index contributed by atoms with van der Waals surface area (Å²) in [5.41, 5.74) is -0.473. The second-order valence-corrected chi connectivity index (χ2v) is 4.95. The third-order valence-electron chi connectivity index (χ3n) is 3.80. The Morgan fingerprint density at radius 1 is 1.20 bits per heavy atom. The molecule has 2 amide bonds. The summed E-state index contributed by atoms with van der Waals surface area (Å²) in [7, 11) is 1.56. The van der Waals surface area contributed by atoms with Gasteiger partial charge in [0.15, 0.2) is 5.60 Å². The van der Waals surface area contributed by atoms with E-state index in [-0.39, 0.29) is 5.91 Å². The van der Waals surface area contributed by atoms with Crippen LogP contribution >= 0.6 is 0 Å². The Kier molecular flexibility index (Phi) is 3.10. The standard InChI is InChI=1S/C14H16N2O4/c1-19-11-4-2-10(3-5-11)16-12(17)14(20-13(16)18)6-8-15-9-7-14/h2-5,15H,6-9H2,1H3. The molecule has 2 aliphatic rings. The quantitative estimate of drug-likeness (QED) is 0.882. The number of nitrogens with zero attached hydrogens (tertiary/aromatic N) is 1. The first-order valence-corrected chi connectivity index (χ1v) is 6.59. The molecule has 1 aromatic carbocycles. The molecule has 2 fully saturated rings. The molecule has 0 unspecified atom stereocenters. The first kappa shape index (κ1) is 12.9. The number of carbonyl (C=O) groups is 2. The smallest absolute Gasteiger partial charge is 0.422 e. The van der Waals surface area contributed by atoms with E-state index >= 15 is 0 Å². The molecule has 1 spiro atoms. The van der Waals surface area contributed by atoms with E-state index in [1.807, 2.05) is 0 Å². The summed E-state index contributed by atoms with van der Waals surface area (Å²) in [5.74, 6) is 0.402. The maximum atomic E-state index is 12.6. The van der Waals surface area contributed by atoms with Gasteiger partial charge in [-0.25, -0.2) is 9.69 Å². The molecule has 0 saturated carbocycles. The fraction of sp³-hybridized carbons (Fsp3) is 0.429. The van der Waals surface area contributed by atoms with Crippen LogP contribution in [0.15, 0.2) is 24.3 Å². The molecular weight excluding hydrogens is 260 g/mol. The molecule has 1 aromatic rings. The van der Waals surface area contributed by atoms with Crippen molar-refractivity contribution in [1.82, 2.24) is 5.32 Å². The Balaban J connectivity index is 1.89. The highest BCUT2D eigenvalue weighted by Gasteiger charge is 2.54. The number of anilines is 1. The molecule has 0 radical (unpaired) electrons. The number of methoxy groups -OCH3 is 1. The molecule has 3 rings (SSSR count). The lowest BCUT2D eigenvalue weighted by atomic mass is 9.91. The zero-order valence-electron chi connectivity index (χ0n) is 11.2. The number of ether oxygens (including phenoxy) is 2. The van der Waals surface area contributed by atoms with E-state index in [1.165, 1.54) is 0 Å². The molecule has 0 aliphatic carbocycles. The SMILES string of the molecule is COc1ccc(N2C(=O)OC3(CCNCC3)C2=O)cc1. The Bertz CT molecular complexity index is 535. The first-order valence-electron chi connectivity index (χ1n) is 6.59. The number of imide groups is 1. The second kappa shape index (κ2) is 4.79. The van der Waals surface area contributed by atoms with Crippen molar-refractivity contribution in [1.29, 1.82) is 0 Å². The van der Waals surface area contributed by atoms with Gasteiger partial charge in [-0.1, -0.05) is 0 Å². The van der Waals surface area contributed by atoms with E-state index in [4.69, 9.17) is 9.47 Å². The number of carbonyl (C=O) groups excluding carboxylic acids is 2. The Hall–Kier alpha value is -2.08. The fourth-order valence-electron chi connectivity index (χ4n) is 2.64. The highest BCUT2D eigenvalue weighted by molar-refractivity contribution is 6.20. The number of hydrogen-bond donors (Lipinski definition) is 1. The van der Waals surface area contributed by atoms with E-state index in [1.54, 1.807) is 31.4 Å². The lowest BCUT2D eigenvalue weighted by Crippen LogP contribution is -2.48. The van der Waals surface area contributed by atoms with Crippen LogP contribution in [0.25, 0.3) is 0 Å². The topological polar surface area (TPSA) is 67.9 Å². The predicted octanol–water partition coefficient (Wildman–Crippen LogP) is 1.30. The Morgan fingerprint density at radius 2 is 1.85 bits per heavy atom. The van der Waals surface area contributed by atoms with Crippen molar-refractivity contribution in [2.45, 2.75) is 18.4 Å². The number of rotatable bonds is 2. The summed E-state index contributed by atoms with van der Waals surface area (Å²) in [5, 5.41) is 3.16. The van der Waals surface area contributed by atoms with Crippen LogP contribution < -0.4 is 15.0 Å². The largest absolute Gasteiger partial charge is 0.497 e. The van der Waals surface area contributed by atoms with Crippen molar-refractivity contribution < 1.29 is 19.1 Å². The van der Waals surface area contributed by atoms with Crippen LogP contribution in [0.5, 0.6) is 5.75 Å². The lowest BCUT2D eigenvalue weighted by molar-refractivity contribution is -0.131. The van der Waals surface area contributed by atoms with Gasteiger partial charge in [-0.05, 0) is 37.4 Å². The molecular formula is C14H16N2O4. The maximum absolute atomic E-state index is 12.6.